The number of aromatic nitrogens is 2. The Morgan fingerprint density at radius 2 is 2.09 bits per heavy atom. The maximum atomic E-state index is 15.2. The molecule has 1 saturated heterocycles. The summed E-state index contributed by atoms with van der Waals surface area (Å²) >= 11 is 6.07. The fraction of sp³-hybridized carbons (Fsp3) is 0.714. The first kappa shape index (κ1) is 24.6. The predicted molar refractivity (Wildman–Crippen MR) is 118 cm³/mol. The lowest BCUT2D eigenvalue weighted by Crippen LogP contribution is -2.50. The summed E-state index contributed by atoms with van der Waals surface area (Å²) in [5, 5.41) is 12.7. The Bertz CT molecular complexity index is 810. The molecule has 1 aromatic heterocycles. The van der Waals surface area contributed by atoms with Crippen LogP contribution in [0, 0.1) is 17.7 Å². The zero-order chi connectivity index (χ0) is 23.3. The fourth-order valence-corrected chi connectivity index (χ4v) is 4.70. The Balaban J connectivity index is 1.69. The van der Waals surface area contributed by atoms with E-state index in [1.54, 1.807) is 0 Å². The largest absolute Gasteiger partial charge is 0.351 e. The zero-order valence-electron chi connectivity index (χ0n) is 18.6. The Morgan fingerprint density at radius 1 is 1.38 bits per heavy atom. The maximum absolute atomic E-state index is 15.2. The third kappa shape index (κ3) is 6.26. The third-order valence-corrected chi connectivity index (χ3v) is 6.73. The van der Waals surface area contributed by atoms with Gasteiger partial charge in [-0.1, -0.05) is 25.7 Å². The van der Waals surface area contributed by atoms with Crippen LogP contribution in [0.2, 0.25) is 5.28 Å². The molecule has 11 heteroatoms. The van der Waals surface area contributed by atoms with Gasteiger partial charge in [0.15, 0.2) is 11.6 Å². The number of hydrogen-bond acceptors (Lipinski definition) is 7. The quantitative estimate of drug-likeness (QED) is 0.246. The summed E-state index contributed by atoms with van der Waals surface area (Å²) < 4.78 is 15.2. The number of amides is 2. The average Bonchev–Trinajstić information content (AvgIpc) is 3.28. The minimum atomic E-state index is -0.601. The highest BCUT2D eigenvalue weighted by atomic mass is 35.5. The number of carbonyl (C=O) groups is 2. The Morgan fingerprint density at radius 3 is 2.75 bits per heavy atom. The molecule has 0 unspecified atom stereocenters. The van der Waals surface area contributed by atoms with Crippen molar-refractivity contribution >= 4 is 29.7 Å². The Kier molecular flexibility index (Phi) is 8.61. The minimum absolute atomic E-state index is 0.00999. The van der Waals surface area contributed by atoms with Gasteiger partial charge >= 0.3 is 0 Å². The molecular formula is C21H32ClFN6O3. The van der Waals surface area contributed by atoms with Crippen molar-refractivity contribution in [3.05, 3.63) is 16.8 Å². The second kappa shape index (κ2) is 11.2. The molecule has 0 aromatic carbocycles. The number of hydroxylamine groups is 2. The van der Waals surface area contributed by atoms with Crippen molar-refractivity contribution in [2.45, 2.75) is 51.6 Å². The summed E-state index contributed by atoms with van der Waals surface area (Å²) in [6.07, 6.45) is 5.14. The molecule has 0 bridgehead atoms. The summed E-state index contributed by atoms with van der Waals surface area (Å²) in [7, 11) is 2.02. The van der Waals surface area contributed by atoms with Gasteiger partial charge in [0.25, 0.3) is 0 Å². The SMILES string of the molecule is C[C@@H]1CN(c2nc(Cl)nc(CNC(=O)[C@H](CC3CCCC3)CN(O)C=O)c2F)CCN1C. The van der Waals surface area contributed by atoms with E-state index in [2.05, 4.69) is 27.1 Å². The molecular weight excluding hydrogens is 439 g/mol. The molecule has 1 saturated carbocycles. The van der Waals surface area contributed by atoms with Crippen LogP contribution in [0.1, 0.15) is 44.7 Å². The zero-order valence-corrected chi connectivity index (χ0v) is 19.4. The molecule has 1 aliphatic carbocycles. The molecule has 1 aromatic rings. The smallest absolute Gasteiger partial charge is 0.233 e. The highest BCUT2D eigenvalue weighted by Crippen LogP contribution is 2.31. The molecule has 2 fully saturated rings. The standard InChI is InChI=1S/C21H32ClFN6O3/c1-14-11-28(8-7-27(14)2)19-18(23)17(25-21(22)26-19)10-24-20(31)16(12-29(32)13-30)9-15-5-3-4-6-15/h13-16,32H,3-12H2,1-2H3,(H,24,31)/t14-,16-/m1/s1. The van der Waals surface area contributed by atoms with Crippen molar-refractivity contribution < 1.29 is 19.2 Å². The second-order valence-corrected chi connectivity index (χ2v) is 9.22. The van der Waals surface area contributed by atoms with Crippen LogP contribution in [-0.4, -0.2) is 76.7 Å². The first-order chi connectivity index (χ1) is 15.3. The number of piperazine rings is 1. The number of carbonyl (C=O) groups excluding carboxylic acids is 2. The summed E-state index contributed by atoms with van der Waals surface area (Å²) in [5.74, 6) is -1.04. The number of halogens is 2. The van der Waals surface area contributed by atoms with Gasteiger partial charge in [-0.15, -0.1) is 0 Å². The molecule has 2 amide bonds. The van der Waals surface area contributed by atoms with Gasteiger partial charge < -0.3 is 15.1 Å². The Hall–Kier alpha value is -2.04. The number of likely N-dealkylation sites (N-methyl/N-ethyl adjacent to an activating group) is 1. The van der Waals surface area contributed by atoms with Crippen LogP contribution in [-0.2, 0) is 16.1 Å². The Labute approximate surface area is 192 Å². The lowest BCUT2D eigenvalue weighted by atomic mass is 9.92. The van der Waals surface area contributed by atoms with E-state index < -0.39 is 11.7 Å². The van der Waals surface area contributed by atoms with E-state index in [-0.39, 0.29) is 48.2 Å². The number of hydrogen-bond donors (Lipinski definition) is 2. The molecule has 32 heavy (non-hydrogen) atoms. The van der Waals surface area contributed by atoms with Crippen LogP contribution < -0.4 is 10.2 Å². The predicted octanol–water partition coefficient (Wildman–Crippen LogP) is 2.07. The van der Waals surface area contributed by atoms with Gasteiger partial charge in [-0.2, -0.15) is 4.98 Å². The summed E-state index contributed by atoms with van der Waals surface area (Å²) in [6.45, 7) is 3.78. The molecule has 0 radical (unpaired) electrons. The van der Waals surface area contributed by atoms with Crippen LogP contribution in [0.15, 0.2) is 0 Å². The summed E-state index contributed by atoms with van der Waals surface area (Å²) in [6, 6.07) is 0.232. The first-order valence-corrected chi connectivity index (χ1v) is 11.5. The fourth-order valence-electron chi connectivity index (χ4n) is 4.52. The van der Waals surface area contributed by atoms with Crippen molar-refractivity contribution in [3.8, 4) is 0 Å². The van der Waals surface area contributed by atoms with Gasteiger partial charge in [0.2, 0.25) is 17.6 Å². The first-order valence-electron chi connectivity index (χ1n) is 11.1. The second-order valence-electron chi connectivity index (χ2n) is 8.88. The molecule has 2 N–H and O–H groups in total. The molecule has 0 spiro atoms. The van der Waals surface area contributed by atoms with Crippen molar-refractivity contribution in [1.29, 1.82) is 0 Å². The molecule has 2 aliphatic rings. The molecule has 9 nitrogen and oxygen atoms in total. The van der Waals surface area contributed by atoms with Gasteiger partial charge in [0.05, 0.1) is 19.0 Å². The lowest BCUT2D eigenvalue weighted by molar-refractivity contribution is -0.155. The van der Waals surface area contributed by atoms with E-state index in [1.807, 2.05) is 11.9 Å². The van der Waals surface area contributed by atoms with Crippen LogP contribution >= 0.6 is 11.6 Å². The van der Waals surface area contributed by atoms with Gasteiger partial charge in [-0.3, -0.25) is 14.8 Å². The molecule has 2 heterocycles. The normalized spacial score (nSPS) is 20.9. The number of rotatable bonds is 9. The van der Waals surface area contributed by atoms with E-state index in [0.29, 0.717) is 30.5 Å². The topological polar surface area (TPSA) is 102 Å². The minimum Gasteiger partial charge on any atom is -0.351 e. The highest BCUT2D eigenvalue weighted by Gasteiger charge is 2.29. The number of anilines is 1. The monoisotopic (exact) mass is 470 g/mol. The van der Waals surface area contributed by atoms with Crippen molar-refractivity contribution in [3.63, 3.8) is 0 Å². The van der Waals surface area contributed by atoms with Crippen LogP contribution in [0.4, 0.5) is 10.2 Å². The third-order valence-electron chi connectivity index (χ3n) is 6.56. The van der Waals surface area contributed by atoms with E-state index in [9.17, 15) is 14.8 Å². The van der Waals surface area contributed by atoms with Crippen LogP contribution in [0.5, 0.6) is 0 Å². The molecule has 3 rings (SSSR count). The summed E-state index contributed by atoms with van der Waals surface area (Å²) in [5.41, 5.74) is 0.00999. The van der Waals surface area contributed by atoms with Crippen molar-refractivity contribution in [2.24, 2.45) is 11.8 Å². The summed E-state index contributed by atoms with van der Waals surface area (Å²) in [4.78, 5) is 35.8. The average molecular weight is 471 g/mol. The maximum Gasteiger partial charge on any atom is 0.233 e. The highest BCUT2D eigenvalue weighted by molar-refractivity contribution is 6.28. The molecule has 178 valence electrons. The van der Waals surface area contributed by atoms with Gasteiger partial charge in [-0.05, 0) is 37.9 Å². The van der Waals surface area contributed by atoms with E-state index in [0.717, 1.165) is 32.2 Å². The van der Waals surface area contributed by atoms with E-state index >= 15 is 4.39 Å². The molecule has 1 aliphatic heterocycles. The lowest BCUT2D eigenvalue weighted by Gasteiger charge is -2.38. The number of nitrogens with zero attached hydrogens (tertiary/aromatic N) is 5. The van der Waals surface area contributed by atoms with Gasteiger partial charge in [-0.25, -0.2) is 14.4 Å². The van der Waals surface area contributed by atoms with Crippen LogP contribution in [0.3, 0.4) is 0 Å². The van der Waals surface area contributed by atoms with Crippen molar-refractivity contribution in [1.82, 2.24) is 25.2 Å². The van der Waals surface area contributed by atoms with E-state index in [1.165, 1.54) is 0 Å². The van der Waals surface area contributed by atoms with E-state index in [4.69, 9.17) is 11.6 Å². The number of nitrogens with one attached hydrogen (secondary N) is 1. The molecule has 2 atom stereocenters. The van der Waals surface area contributed by atoms with Gasteiger partial charge in [0.1, 0.15) is 5.69 Å². The van der Waals surface area contributed by atoms with Gasteiger partial charge in [0, 0.05) is 25.7 Å². The van der Waals surface area contributed by atoms with Crippen LogP contribution in [0.25, 0.3) is 0 Å². The van der Waals surface area contributed by atoms with Crippen molar-refractivity contribution in [2.75, 3.05) is 38.1 Å².